The smallest absolute Gasteiger partial charge is 0.162 e. The summed E-state index contributed by atoms with van der Waals surface area (Å²) in [4.78, 5) is 14.7. The molecule has 2 aliphatic rings. The summed E-state index contributed by atoms with van der Waals surface area (Å²) in [6, 6.07) is 5.91. The summed E-state index contributed by atoms with van der Waals surface area (Å²) >= 11 is 0. The van der Waals surface area contributed by atoms with Gasteiger partial charge in [0.05, 0.1) is 0 Å². The van der Waals surface area contributed by atoms with E-state index in [0.29, 0.717) is 17.4 Å². The van der Waals surface area contributed by atoms with Gasteiger partial charge in [0.25, 0.3) is 0 Å². The molecule has 1 aliphatic carbocycles. The lowest BCUT2D eigenvalue weighted by atomic mass is 9.66. The number of benzene rings is 1. The third-order valence-electron chi connectivity index (χ3n) is 6.30. The Bertz CT molecular complexity index is 535. The van der Waals surface area contributed by atoms with Crippen LogP contribution >= 0.6 is 0 Å². The molecule has 3 rings (SSSR count). The Morgan fingerprint density at radius 2 is 1.75 bits per heavy atom. The van der Waals surface area contributed by atoms with Crippen LogP contribution in [0.2, 0.25) is 0 Å². The van der Waals surface area contributed by atoms with Crippen LogP contribution in [0.5, 0.6) is 0 Å². The van der Waals surface area contributed by atoms with Crippen molar-refractivity contribution in [3.05, 3.63) is 35.6 Å². The lowest BCUT2D eigenvalue weighted by Crippen LogP contribution is -2.42. The molecule has 1 aromatic rings. The number of hydrogen-bond acceptors (Lipinski definition) is 2. The van der Waals surface area contributed by atoms with Crippen molar-refractivity contribution in [2.45, 2.75) is 58.3 Å². The number of likely N-dealkylation sites (tertiary alicyclic amines) is 1. The van der Waals surface area contributed by atoms with Crippen LogP contribution in [0.3, 0.4) is 0 Å². The molecule has 0 aromatic heterocycles. The first-order valence-corrected chi connectivity index (χ1v) is 9.57. The first-order chi connectivity index (χ1) is 11.6. The van der Waals surface area contributed by atoms with Gasteiger partial charge in [-0.05, 0) is 87.3 Å². The minimum atomic E-state index is -0.286. The topological polar surface area (TPSA) is 20.3 Å². The summed E-state index contributed by atoms with van der Waals surface area (Å²) in [5.74, 6) is 0.766. The SMILES string of the molecule is CC1CCC2(CC1)CCN(CCCC(=O)c1ccc(F)cc1)CC2. The molecule has 1 spiro atoms. The molecular formula is C21H30FNO. The lowest BCUT2D eigenvalue weighted by Gasteiger charge is -2.45. The Morgan fingerprint density at radius 3 is 2.38 bits per heavy atom. The van der Waals surface area contributed by atoms with Crippen LogP contribution < -0.4 is 0 Å². The van der Waals surface area contributed by atoms with Crippen molar-refractivity contribution in [3.63, 3.8) is 0 Å². The number of carbonyl (C=O) groups excluding carboxylic acids is 1. The average Bonchev–Trinajstić information content (AvgIpc) is 2.60. The molecule has 0 radical (unpaired) electrons. The maximum absolute atomic E-state index is 12.9. The number of Topliss-reactive ketones (excluding diaryl/α,β-unsaturated/α-hetero) is 1. The minimum Gasteiger partial charge on any atom is -0.303 e. The van der Waals surface area contributed by atoms with Crippen molar-refractivity contribution < 1.29 is 9.18 Å². The van der Waals surface area contributed by atoms with Crippen molar-refractivity contribution in [1.82, 2.24) is 4.90 Å². The van der Waals surface area contributed by atoms with Gasteiger partial charge in [0.15, 0.2) is 5.78 Å². The van der Waals surface area contributed by atoms with Crippen LogP contribution in [-0.4, -0.2) is 30.3 Å². The summed E-state index contributed by atoms with van der Waals surface area (Å²) in [7, 11) is 0. The zero-order chi connectivity index (χ0) is 17.0. The fourth-order valence-electron chi connectivity index (χ4n) is 4.37. The average molecular weight is 331 g/mol. The molecule has 132 valence electrons. The Morgan fingerprint density at radius 1 is 1.12 bits per heavy atom. The summed E-state index contributed by atoms with van der Waals surface area (Å²) in [5.41, 5.74) is 1.26. The zero-order valence-electron chi connectivity index (χ0n) is 14.9. The van der Waals surface area contributed by atoms with Crippen LogP contribution in [0.25, 0.3) is 0 Å². The van der Waals surface area contributed by atoms with Gasteiger partial charge in [0.2, 0.25) is 0 Å². The van der Waals surface area contributed by atoms with Gasteiger partial charge in [0.1, 0.15) is 5.82 Å². The van der Waals surface area contributed by atoms with Crippen LogP contribution in [-0.2, 0) is 0 Å². The van der Waals surface area contributed by atoms with Gasteiger partial charge in [-0.1, -0.05) is 19.8 Å². The summed E-state index contributed by atoms with van der Waals surface area (Å²) in [6.45, 7) is 5.79. The monoisotopic (exact) mass is 331 g/mol. The van der Waals surface area contributed by atoms with E-state index >= 15 is 0 Å². The third-order valence-corrected chi connectivity index (χ3v) is 6.30. The largest absolute Gasteiger partial charge is 0.303 e. The summed E-state index contributed by atoms with van der Waals surface area (Å²) in [5, 5.41) is 0. The molecule has 0 unspecified atom stereocenters. The number of piperidine rings is 1. The van der Waals surface area contributed by atoms with E-state index in [-0.39, 0.29) is 11.6 Å². The van der Waals surface area contributed by atoms with Crippen molar-refractivity contribution in [2.24, 2.45) is 11.3 Å². The van der Waals surface area contributed by atoms with Crippen molar-refractivity contribution in [2.75, 3.05) is 19.6 Å². The summed E-state index contributed by atoms with van der Waals surface area (Å²) < 4.78 is 12.9. The highest BCUT2D eigenvalue weighted by molar-refractivity contribution is 5.95. The second kappa shape index (κ2) is 7.77. The summed E-state index contributed by atoms with van der Waals surface area (Å²) in [6.07, 6.45) is 9.80. The second-order valence-corrected chi connectivity index (χ2v) is 8.06. The first-order valence-electron chi connectivity index (χ1n) is 9.57. The van der Waals surface area contributed by atoms with Crippen LogP contribution in [0.1, 0.15) is 68.6 Å². The number of carbonyl (C=O) groups is 1. The Kier molecular flexibility index (Phi) is 5.70. The van der Waals surface area contributed by atoms with Crippen molar-refractivity contribution >= 4 is 5.78 Å². The van der Waals surface area contributed by atoms with Gasteiger partial charge < -0.3 is 4.90 Å². The van der Waals surface area contributed by atoms with Gasteiger partial charge in [0, 0.05) is 12.0 Å². The highest BCUT2D eigenvalue weighted by atomic mass is 19.1. The molecule has 0 bridgehead atoms. The van der Waals surface area contributed by atoms with Gasteiger partial charge in [-0.15, -0.1) is 0 Å². The van der Waals surface area contributed by atoms with E-state index in [4.69, 9.17) is 0 Å². The molecule has 3 heteroatoms. The molecule has 0 amide bonds. The maximum Gasteiger partial charge on any atom is 0.162 e. The molecule has 1 saturated carbocycles. The molecule has 2 fully saturated rings. The third kappa shape index (κ3) is 4.44. The molecule has 1 aliphatic heterocycles. The van der Waals surface area contributed by atoms with Crippen LogP contribution in [0, 0.1) is 17.2 Å². The highest BCUT2D eigenvalue weighted by Gasteiger charge is 2.36. The molecule has 24 heavy (non-hydrogen) atoms. The van der Waals surface area contributed by atoms with Crippen molar-refractivity contribution in [1.29, 1.82) is 0 Å². The number of ketones is 1. The fourth-order valence-corrected chi connectivity index (χ4v) is 4.37. The Labute approximate surface area is 145 Å². The minimum absolute atomic E-state index is 0.129. The van der Waals surface area contributed by atoms with E-state index in [1.807, 2.05) is 0 Å². The van der Waals surface area contributed by atoms with Gasteiger partial charge in [-0.25, -0.2) is 4.39 Å². The van der Waals surface area contributed by atoms with E-state index < -0.39 is 0 Å². The van der Waals surface area contributed by atoms with Crippen LogP contribution in [0.15, 0.2) is 24.3 Å². The molecule has 0 N–H and O–H groups in total. The Hall–Kier alpha value is -1.22. The van der Waals surface area contributed by atoms with E-state index in [0.717, 1.165) is 18.9 Å². The molecular weight excluding hydrogens is 301 g/mol. The molecule has 1 aromatic carbocycles. The highest BCUT2D eigenvalue weighted by Crippen LogP contribution is 2.46. The number of nitrogens with zero attached hydrogens (tertiary/aromatic N) is 1. The van der Waals surface area contributed by atoms with E-state index in [9.17, 15) is 9.18 Å². The number of rotatable bonds is 5. The molecule has 0 atom stereocenters. The number of hydrogen-bond donors (Lipinski definition) is 0. The van der Waals surface area contributed by atoms with E-state index in [2.05, 4.69) is 11.8 Å². The van der Waals surface area contributed by atoms with E-state index in [1.165, 1.54) is 63.7 Å². The van der Waals surface area contributed by atoms with Gasteiger partial charge in [-0.3, -0.25) is 4.79 Å². The number of halogens is 1. The van der Waals surface area contributed by atoms with E-state index in [1.54, 1.807) is 12.1 Å². The molecule has 2 nitrogen and oxygen atoms in total. The zero-order valence-corrected chi connectivity index (χ0v) is 14.9. The predicted molar refractivity (Wildman–Crippen MR) is 95.7 cm³/mol. The van der Waals surface area contributed by atoms with Gasteiger partial charge >= 0.3 is 0 Å². The second-order valence-electron chi connectivity index (χ2n) is 8.06. The standard InChI is InChI=1S/C21H30FNO/c1-17-8-10-21(11-9-17)12-15-23(16-13-21)14-2-3-20(24)18-4-6-19(22)7-5-18/h4-7,17H,2-3,8-16H2,1H3. The maximum atomic E-state index is 12.9. The fraction of sp³-hybridized carbons (Fsp3) is 0.667. The normalized spacial score (nSPS) is 21.9. The van der Waals surface area contributed by atoms with Crippen molar-refractivity contribution in [3.8, 4) is 0 Å². The van der Waals surface area contributed by atoms with Crippen LogP contribution in [0.4, 0.5) is 4.39 Å². The quantitative estimate of drug-likeness (QED) is 0.701. The Balaban J connectivity index is 1.38. The van der Waals surface area contributed by atoms with Gasteiger partial charge in [-0.2, -0.15) is 0 Å². The lowest BCUT2D eigenvalue weighted by molar-refractivity contribution is 0.0539. The molecule has 1 heterocycles. The molecule has 1 saturated heterocycles. The first kappa shape index (κ1) is 17.6. The predicted octanol–water partition coefficient (Wildman–Crippen LogP) is 5.08.